The predicted octanol–water partition coefficient (Wildman–Crippen LogP) is 4.61. The first-order valence-corrected chi connectivity index (χ1v) is 5.98. The van der Waals surface area contributed by atoms with E-state index in [-0.39, 0.29) is 5.41 Å². The van der Waals surface area contributed by atoms with Gasteiger partial charge in [-0.1, -0.05) is 63.3 Å². The Kier molecular flexibility index (Phi) is 2.75. The van der Waals surface area contributed by atoms with E-state index in [9.17, 15) is 0 Å². The molecule has 0 saturated heterocycles. The van der Waals surface area contributed by atoms with Gasteiger partial charge in [0.2, 0.25) is 0 Å². The van der Waals surface area contributed by atoms with Gasteiger partial charge in [0, 0.05) is 5.41 Å². The fourth-order valence-electron chi connectivity index (χ4n) is 2.30. The van der Waals surface area contributed by atoms with Gasteiger partial charge in [0.1, 0.15) is 0 Å². The van der Waals surface area contributed by atoms with Crippen molar-refractivity contribution in [3.8, 4) is 0 Å². The summed E-state index contributed by atoms with van der Waals surface area (Å²) in [4.78, 5) is 0. The lowest BCUT2D eigenvalue weighted by Crippen LogP contribution is -2.12. The van der Waals surface area contributed by atoms with Crippen LogP contribution in [0, 0.1) is 18.3 Å². The molecule has 0 aromatic heterocycles. The van der Waals surface area contributed by atoms with Crippen molar-refractivity contribution in [1.82, 2.24) is 0 Å². The van der Waals surface area contributed by atoms with Gasteiger partial charge in [0.05, 0.1) is 0 Å². The van der Waals surface area contributed by atoms with E-state index in [1.807, 2.05) is 0 Å². The maximum Gasteiger partial charge on any atom is 0.00109 e. The molecule has 0 nitrogen and oxygen atoms in total. The maximum absolute atomic E-state index is 2.40. The molecule has 1 aliphatic rings. The van der Waals surface area contributed by atoms with E-state index >= 15 is 0 Å². The molecule has 0 heteroatoms. The summed E-state index contributed by atoms with van der Waals surface area (Å²) in [5, 5.41) is 0. The molecule has 0 bridgehead atoms. The Morgan fingerprint density at radius 1 is 1.12 bits per heavy atom. The Morgan fingerprint density at radius 2 is 1.81 bits per heavy atom. The lowest BCUT2D eigenvalue weighted by atomic mass is 9.78. The van der Waals surface area contributed by atoms with Crippen molar-refractivity contribution in [3.05, 3.63) is 53.6 Å². The number of hydrogen-bond acceptors (Lipinski definition) is 0. The van der Waals surface area contributed by atoms with Gasteiger partial charge >= 0.3 is 0 Å². The van der Waals surface area contributed by atoms with Crippen molar-refractivity contribution >= 4 is 5.57 Å². The van der Waals surface area contributed by atoms with E-state index in [4.69, 9.17) is 0 Å². The molecule has 0 radical (unpaired) electrons. The Labute approximate surface area is 98.7 Å². The van der Waals surface area contributed by atoms with E-state index in [1.165, 1.54) is 16.7 Å². The second kappa shape index (κ2) is 3.93. The van der Waals surface area contributed by atoms with Gasteiger partial charge in [-0.3, -0.25) is 0 Å². The highest BCUT2D eigenvalue weighted by atomic mass is 14.3. The maximum atomic E-state index is 2.40. The van der Waals surface area contributed by atoms with Crippen LogP contribution in [-0.2, 0) is 0 Å². The first-order valence-electron chi connectivity index (χ1n) is 5.98. The monoisotopic (exact) mass is 212 g/mol. The smallest absolute Gasteiger partial charge is 0.00109 e. The molecule has 0 spiro atoms. The minimum absolute atomic E-state index is 0.185. The molecule has 0 N–H and O–H groups in total. The molecule has 0 amide bonds. The van der Waals surface area contributed by atoms with Gasteiger partial charge in [0.15, 0.2) is 0 Å². The van der Waals surface area contributed by atoms with E-state index in [0.717, 1.165) is 0 Å². The molecular formula is C16H20. The third-order valence-electron chi connectivity index (χ3n) is 3.29. The zero-order valence-electron chi connectivity index (χ0n) is 10.6. The summed E-state index contributed by atoms with van der Waals surface area (Å²) in [7, 11) is 0. The molecule has 1 aromatic carbocycles. The zero-order chi connectivity index (χ0) is 11.8. The summed E-state index contributed by atoms with van der Waals surface area (Å²) in [6, 6.07) is 8.65. The van der Waals surface area contributed by atoms with Crippen molar-refractivity contribution in [2.45, 2.75) is 27.7 Å². The highest BCUT2D eigenvalue weighted by molar-refractivity contribution is 5.72. The third-order valence-corrected chi connectivity index (χ3v) is 3.29. The fraction of sp³-hybridized carbons (Fsp3) is 0.375. The largest absolute Gasteiger partial charge is 0.0804 e. The second-order valence-corrected chi connectivity index (χ2v) is 5.38. The van der Waals surface area contributed by atoms with Crippen LogP contribution in [0.3, 0.4) is 0 Å². The van der Waals surface area contributed by atoms with E-state index in [0.29, 0.717) is 5.92 Å². The first kappa shape index (κ1) is 11.2. The molecule has 0 fully saturated rings. The molecule has 2 rings (SSSR count). The van der Waals surface area contributed by atoms with Crippen LogP contribution in [0.4, 0.5) is 0 Å². The highest BCUT2D eigenvalue weighted by Gasteiger charge is 2.21. The van der Waals surface area contributed by atoms with Gasteiger partial charge in [-0.25, -0.2) is 0 Å². The van der Waals surface area contributed by atoms with E-state index in [2.05, 4.69) is 70.2 Å². The average molecular weight is 212 g/mol. The summed E-state index contributed by atoms with van der Waals surface area (Å²) in [5.41, 5.74) is 4.41. The number of aryl methyl sites for hydroxylation is 1. The average Bonchev–Trinajstić information content (AvgIpc) is 2.23. The third kappa shape index (κ3) is 2.11. The number of allylic oxidation sites excluding steroid dienone is 4. The molecule has 1 aliphatic carbocycles. The Morgan fingerprint density at radius 3 is 2.50 bits per heavy atom. The number of hydrogen-bond donors (Lipinski definition) is 0. The van der Waals surface area contributed by atoms with Crippen LogP contribution >= 0.6 is 0 Å². The minimum Gasteiger partial charge on any atom is -0.0804 e. The lowest BCUT2D eigenvalue weighted by molar-refractivity contribution is 0.606. The highest BCUT2D eigenvalue weighted by Crippen LogP contribution is 2.36. The van der Waals surface area contributed by atoms with Crippen LogP contribution in [-0.4, -0.2) is 0 Å². The summed E-state index contributed by atoms with van der Waals surface area (Å²) in [5.74, 6) is 0.522. The van der Waals surface area contributed by atoms with Crippen LogP contribution in [0.15, 0.2) is 42.5 Å². The fourth-order valence-corrected chi connectivity index (χ4v) is 2.30. The molecule has 0 saturated carbocycles. The van der Waals surface area contributed by atoms with Gasteiger partial charge in [-0.15, -0.1) is 0 Å². The Balaban J connectivity index is 2.48. The Hall–Kier alpha value is -1.30. The molecular weight excluding hydrogens is 192 g/mol. The van der Waals surface area contributed by atoms with Gasteiger partial charge in [-0.05, 0) is 29.5 Å². The van der Waals surface area contributed by atoms with Crippen LogP contribution < -0.4 is 0 Å². The minimum atomic E-state index is 0.185. The summed E-state index contributed by atoms with van der Waals surface area (Å²) in [6.07, 6.45) is 7.03. The van der Waals surface area contributed by atoms with Crippen LogP contribution in [0.5, 0.6) is 0 Å². The number of benzene rings is 1. The topological polar surface area (TPSA) is 0 Å². The Bertz CT molecular complexity index is 447. The lowest BCUT2D eigenvalue weighted by Gasteiger charge is -2.27. The van der Waals surface area contributed by atoms with Gasteiger partial charge in [-0.2, -0.15) is 0 Å². The first-order chi connectivity index (χ1) is 7.49. The molecule has 0 aliphatic heterocycles. The molecule has 16 heavy (non-hydrogen) atoms. The number of rotatable bonds is 1. The van der Waals surface area contributed by atoms with Crippen molar-refractivity contribution < 1.29 is 0 Å². The van der Waals surface area contributed by atoms with Gasteiger partial charge < -0.3 is 0 Å². The molecule has 1 unspecified atom stereocenters. The van der Waals surface area contributed by atoms with Crippen LogP contribution in [0.2, 0.25) is 0 Å². The van der Waals surface area contributed by atoms with E-state index < -0.39 is 0 Å². The van der Waals surface area contributed by atoms with Crippen molar-refractivity contribution in [2.75, 3.05) is 0 Å². The zero-order valence-corrected chi connectivity index (χ0v) is 10.6. The quantitative estimate of drug-likeness (QED) is 0.596. The molecule has 84 valence electrons. The SMILES string of the molecule is Cc1ccccc1C1=CC(C)(C)C=CC1C. The van der Waals surface area contributed by atoms with Crippen molar-refractivity contribution in [3.63, 3.8) is 0 Å². The summed E-state index contributed by atoms with van der Waals surface area (Å²) >= 11 is 0. The van der Waals surface area contributed by atoms with Crippen molar-refractivity contribution in [2.24, 2.45) is 11.3 Å². The molecule has 1 atom stereocenters. The summed E-state index contributed by atoms with van der Waals surface area (Å²) < 4.78 is 0. The summed E-state index contributed by atoms with van der Waals surface area (Å²) in [6.45, 7) is 8.97. The molecule has 0 heterocycles. The second-order valence-electron chi connectivity index (χ2n) is 5.38. The van der Waals surface area contributed by atoms with Crippen LogP contribution in [0.25, 0.3) is 5.57 Å². The van der Waals surface area contributed by atoms with E-state index in [1.54, 1.807) is 0 Å². The van der Waals surface area contributed by atoms with Crippen molar-refractivity contribution in [1.29, 1.82) is 0 Å². The van der Waals surface area contributed by atoms with Crippen LogP contribution in [0.1, 0.15) is 31.9 Å². The molecule has 1 aromatic rings. The van der Waals surface area contributed by atoms with Gasteiger partial charge in [0.25, 0.3) is 0 Å². The normalized spacial score (nSPS) is 23.0. The standard InChI is InChI=1S/C16H20/c1-12-7-5-6-8-14(12)15-11-16(3,4)10-9-13(15)2/h5-11,13H,1-4H3. The predicted molar refractivity (Wildman–Crippen MR) is 71.2 cm³/mol.